The topological polar surface area (TPSA) is 63.4 Å². The van der Waals surface area contributed by atoms with Crippen molar-refractivity contribution in [3.8, 4) is 11.5 Å². The second-order valence-corrected chi connectivity index (χ2v) is 5.43. The van der Waals surface area contributed by atoms with Crippen molar-refractivity contribution >= 4 is 16.8 Å². The van der Waals surface area contributed by atoms with Crippen LogP contribution in [0.3, 0.4) is 0 Å². The smallest absolute Gasteiger partial charge is 0.253 e. The fraction of sp³-hybridized carbons (Fsp3) is 0.211. The van der Waals surface area contributed by atoms with E-state index in [1.54, 1.807) is 20.4 Å². The number of ether oxygens (including phenoxy) is 2. The Balaban J connectivity index is 1.67. The van der Waals surface area contributed by atoms with Crippen LogP contribution in [-0.4, -0.2) is 31.7 Å². The van der Waals surface area contributed by atoms with E-state index in [2.05, 4.69) is 10.3 Å². The van der Waals surface area contributed by atoms with Crippen LogP contribution in [0.15, 0.2) is 48.7 Å². The number of hydrogen-bond acceptors (Lipinski definition) is 3. The van der Waals surface area contributed by atoms with Crippen LogP contribution in [-0.2, 0) is 6.42 Å². The average Bonchev–Trinajstić information content (AvgIpc) is 3.05. The minimum Gasteiger partial charge on any atom is -0.497 e. The van der Waals surface area contributed by atoms with Crippen LogP contribution >= 0.6 is 0 Å². The highest BCUT2D eigenvalue weighted by atomic mass is 16.5. The van der Waals surface area contributed by atoms with Crippen molar-refractivity contribution in [1.82, 2.24) is 10.3 Å². The first-order valence-corrected chi connectivity index (χ1v) is 7.78. The molecule has 0 atom stereocenters. The molecule has 1 aromatic heterocycles. The molecule has 5 heteroatoms. The Morgan fingerprint density at radius 2 is 1.96 bits per heavy atom. The molecule has 1 heterocycles. The fourth-order valence-electron chi connectivity index (χ4n) is 2.74. The molecule has 0 radical (unpaired) electrons. The van der Waals surface area contributed by atoms with Gasteiger partial charge in [0.15, 0.2) is 0 Å². The molecule has 0 fully saturated rings. The van der Waals surface area contributed by atoms with E-state index in [1.165, 1.54) is 0 Å². The van der Waals surface area contributed by atoms with Gasteiger partial charge in [-0.15, -0.1) is 0 Å². The van der Waals surface area contributed by atoms with Gasteiger partial charge >= 0.3 is 0 Å². The third-order valence-electron chi connectivity index (χ3n) is 4.01. The zero-order chi connectivity index (χ0) is 16.9. The van der Waals surface area contributed by atoms with Crippen molar-refractivity contribution in [2.45, 2.75) is 6.42 Å². The van der Waals surface area contributed by atoms with Gasteiger partial charge in [-0.25, -0.2) is 0 Å². The molecule has 0 aliphatic heterocycles. The Hall–Kier alpha value is -2.95. The normalized spacial score (nSPS) is 10.6. The fourth-order valence-corrected chi connectivity index (χ4v) is 2.74. The monoisotopic (exact) mass is 324 g/mol. The van der Waals surface area contributed by atoms with Gasteiger partial charge in [0.05, 0.1) is 19.8 Å². The van der Waals surface area contributed by atoms with Crippen LogP contribution in [0, 0.1) is 0 Å². The van der Waals surface area contributed by atoms with Crippen molar-refractivity contribution in [1.29, 1.82) is 0 Å². The predicted molar refractivity (Wildman–Crippen MR) is 93.9 cm³/mol. The summed E-state index contributed by atoms with van der Waals surface area (Å²) in [7, 11) is 3.27. The molecule has 0 unspecified atom stereocenters. The number of benzene rings is 2. The van der Waals surface area contributed by atoms with E-state index < -0.39 is 0 Å². The van der Waals surface area contributed by atoms with Crippen molar-refractivity contribution in [3.63, 3.8) is 0 Å². The number of amides is 1. The molecule has 0 bridgehead atoms. The Morgan fingerprint density at radius 3 is 2.75 bits per heavy atom. The third kappa shape index (κ3) is 3.20. The maximum absolute atomic E-state index is 12.4. The lowest BCUT2D eigenvalue weighted by Gasteiger charge is -2.09. The van der Waals surface area contributed by atoms with Crippen LogP contribution < -0.4 is 14.8 Å². The Kier molecular flexibility index (Phi) is 4.70. The summed E-state index contributed by atoms with van der Waals surface area (Å²) in [4.78, 5) is 15.5. The summed E-state index contributed by atoms with van der Waals surface area (Å²) in [6.45, 7) is 0.544. The van der Waals surface area contributed by atoms with Crippen LogP contribution in [0.5, 0.6) is 11.5 Å². The lowest BCUT2D eigenvalue weighted by Crippen LogP contribution is -2.25. The number of nitrogens with one attached hydrogen (secondary N) is 2. The van der Waals surface area contributed by atoms with Crippen LogP contribution in [0.2, 0.25) is 0 Å². The van der Waals surface area contributed by atoms with Gasteiger partial charge in [0.1, 0.15) is 11.5 Å². The number of hydrogen-bond donors (Lipinski definition) is 2. The van der Waals surface area contributed by atoms with Gasteiger partial charge in [-0.2, -0.15) is 0 Å². The predicted octanol–water partition coefficient (Wildman–Crippen LogP) is 3.16. The molecule has 0 aliphatic rings. The van der Waals surface area contributed by atoms with Gasteiger partial charge in [-0.05, 0) is 30.2 Å². The molecule has 24 heavy (non-hydrogen) atoms. The number of para-hydroxylation sites is 1. The minimum atomic E-state index is -0.0960. The average molecular weight is 324 g/mol. The van der Waals surface area contributed by atoms with E-state index in [-0.39, 0.29) is 5.91 Å². The summed E-state index contributed by atoms with van der Waals surface area (Å²) >= 11 is 0. The molecule has 3 rings (SSSR count). The van der Waals surface area contributed by atoms with Gasteiger partial charge in [-0.1, -0.05) is 18.2 Å². The molecule has 0 aliphatic carbocycles. The highest BCUT2D eigenvalue weighted by molar-refractivity contribution is 6.06. The second kappa shape index (κ2) is 7.08. The number of H-pyrrole nitrogens is 1. The van der Waals surface area contributed by atoms with Gasteiger partial charge in [0.2, 0.25) is 0 Å². The molecule has 5 nitrogen and oxygen atoms in total. The maximum atomic E-state index is 12.4. The lowest BCUT2D eigenvalue weighted by atomic mass is 10.1. The summed E-state index contributed by atoms with van der Waals surface area (Å²) in [6.07, 6.45) is 2.44. The van der Waals surface area contributed by atoms with Crippen LogP contribution in [0.4, 0.5) is 0 Å². The largest absolute Gasteiger partial charge is 0.497 e. The molecule has 2 aromatic carbocycles. The molecule has 124 valence electrons. The summed E-state index contributed by atoms with van der Waals surface area (Å²) in [5, 5.41) is 3.84. The number of fused-ring (bicyclic) bond motifs is 1. The van der Waals surface area contributed by atoms with E-state index in [0.29, 0.717) is 18.5 Å². The van der Waals surface area contributed by atoms with Gasteiger partial charge in [-0.3, -0.25) is 4.79 Å². The Morgan fingerprint density at radius 1 is 1.12 bits per heavy atom. The number of carbonyl (C=O) groups is 1. The van der Waals surface area contributed by atoms with Crippen LogP contribution in [0.25, 0.3) is 10.9 Å². The summed E-state index contributed by atoms with van der Waals surface area (Å²) in [5.41, 5.74) is 2.58. The zero-order valence-electron chi connectivity index (χ0n) is 13.8. The molecule has 2 N–H and O–H groups in total. The molecule has 1 amide bonds. The van der Waals surface area contributed by atoms with Crippen molar-refractivity contribution in [2.75, 3.05) is 20.8 Å². The molecule has 0 saturated carbocycles. The van der Waals surface area contributed by atoms with Crippen molar-refractivity contribution in [2.24, 2.45) is 0 Å². The first-order valence-electron chi connectivity index (χ1n) is 7.78. The van der Waals surface area contributed by atoms with E-state index >= 15 is 0 Å². The second-order valence-electron chi connectivity index (χ2n) is 5.43. The lowest BCUT2D eigenvalue weighted by molar-refractivity contribution is 0.0955. The molecular weight excluding hydrogens is 304 g/mol. The Bertz CT molecular complexity index is 855. The van der Waals surface area contributed by atoms with Crippen molar-refractivity contribution < 1.29 is 14.3 Å². The quantitative estimate of drug-likeness (QED) is 0.732. The van der Waals surface area contributed by atoms with Gasteiger partial charge in [0, 0.05) is 29.7 Å². The van der Waals surface area contributed by atoms with E-state index in [1.807, 2.05) is 42.5 Å². The highest BCUT2D eigenvalue weighted by Gasteiger charge is 2.12. The van der Waals surface area contributed by atoms with E-state index in [4.69, 9.17) is 9.47 Å². The zero-order valence-corrected chi connectivity index (χ0v) is 13.8. The van der Waals surface area contributed by atoms with Gasteiger partial charge < -0.3 is 19.8 Å². The first kappa shape index (κ1) is 15.9. The summed E-state index contributed by atoms with van der Waals surface area (Å²) in [5.74, 6) is 1.50. The van der Waals surface area contributed by atoms with E-state index in [0.717, 1.165) is 28.0 Å². The summed E-state index contributed by atoms with van der Waals surface area (Å²) < 4.78 is 10.5. The number of carbonyl (C=O) groups excluding carboxylic acids is 1. The number of aromatic amines is 1. The van der Waals surface area contributed by atoms with Crippen molar-refractivity contribution in [3.05, 3.63) is 59.8 Å². The Labute approximate surface area is 140 Å². The first-order chi connectivity index (χ1) is 11.7. The third-order valence-corrected chi connectivity index (χ3v) is 4.01. The molecule has 0 saturated heterocycles. The number of methoxy groups -OCH3 is 2. The van der Waals surface area contributed by atoms with Gasteiger partial charge in [0.25, 0.3) is 5.91 Å². The maximum Gasteiger partial charge on any atom is 0.253 e. The SMILES string of the molecule is COc1ccc2c(C(=O)NCCc3ccccc3OC)c[nH]c2c1. The van der Waals surface area contributed by atoms with Crippen LogP contribution in [0.1, 0.15) is 15.9 Å². The van der Waals surface area contributed by atoms with E-state index in [9.17, 15) is 4.79 Å². The molecular formula is C19H20N2O3. The standard InChI is InChI=1S/C19H20N2O3/c1-23-14-7-8-15-16(12-21-17(15)11-14)19(22)20-10-9-13-5-3-4-6-18(13)24-2/h3-8,11-12,21H,9-10H2,1-2H3,(H,20,22). The molecule has 3 aromatic rings. The minimum absolute atomic E-state index is 0.0960. The molecule has 0 spiro atoms. The summed E-state index contributed by atoms with van der Waals surface area (Å²) in [6, 6.07) is 13.4. The highest BCUT2D eigenvalue weighted by Crippen LogP contribution is 2.23. The number of aromatic nitrogens is 1. The number of rotatable bonds is 6.